The van der Waals surface area contributed by atoms with Gasteiger partial charge in [-0.05, 0) is 6.92 Å². The van der Waals surface area contributed by atoms with Crippen molar-refractivity contribution in [1.82, 2.24) is 5.32 Å². The molecule has 0 spiro atoms. The number of hydrogen-bond acceptors (Lipinski definition) is 15. The van der Waals surface area contributed by atoms with Crippen LogP contribution in [0.3, 0.4) is 0 Å². The molecule has 3 aliphatic rings. The maximum atomic E-state index is 11.6. The van der Waals surface area contributed by atoms with E-state index in [9.17, 15) is 45.6 Å². The van der Waals surface area contributed by atoms with Crippen molar-refractivity contribution < 1.29 is 74.1 Å². The Morgan fingerprint density at radius 1 is 0.784 bits per heavy atom. The molecule has 16 heteroatoms. The van der Waals surface area contributed by atoms with Gasteiger partial charge in [0.25, 0.3) is 0 Å². The van der Waals surface area contributed by atoms with E-state index in [2.05, 4.69) is 5.32 Å². The number of ether oxygens (including phenoxy) is 6. The highest BCUT2D eigenvalue weighted by Gasteiger charge is 2.53. The molecule has 9 N–H and O–H groups in total. The van der Waals surface area contributed by atoms with Crippen molar-refractivity contribution in [3.63, 3.8) is 0 Å². The van der Waals surface area contributed by atoms with Crippen molar-refractivity contribution in [2.45, 2.75) is 106 Å². The number of hydrogen-bond donors (Lipinski definition) is 9. The predicted octanol–water partition coefficient (Wildman–Crippen LogP) is -5.75. The predicted molar refractivity (Wildman–Crippen MR) is 116 cm³/mol. The number of aliphatic hydroxyl groups excluding tert-OH is 8. The summed E-state index contributed by atoms with van der Waals surface area (Å²) in [4.78, 5) is 11.6. The zero-order chi connectivity index (χ0) is 27.6. The Balaban J connectivity index is 1.87. The van der Waals surface area contributed by atoms with Crippen molar-refractivity contribution >= 4 is 5.91 Å². The minimum absolute atomic E-state index is 0.199. The highest BCUT2D eigenvalue weighted by atomic mass is 16.8. The van der Waals surface area contributed by atoms with Crippen LogP contribution in [-0.2, 0) is 33.2 Å². The highest BCUT2D eigenvalue weighted by molar-refractivity contribution is 5.73. The van der Waals surface area contributed by atoms with Crippen LogP contribution >= 0.6 is 0 Å². The van der Waals surface area contributed by atoms with E-state index in [0.29, 0.717) is 0 Å². The summed E-state index contributed by atoms with van der Waals surface area (Å²) in [5, 5.41) is 84.9. The Morgan fingerprint density at radius 3 is 2.03 bits per heavy atom. The first-order chi connectivity index (χ1) is 17.4. The van der Waals surface area contributed by atoms with Crippen LogP contribution in [0.5, 0.6) is 0 Å². The molecule has 16 nitrogen and oxygen atoms in total. The summed E-state index contributed by atoms with van der Waals surface area (Å²) < 4.78 is 32.9. The van der Waals surface area contributed by atoms with Crippen LogP contribution in [0, 0.1) is 0 Å². The molecule has 0 aromatic rings. The summed E-state index contributed by atoms with van der Waals surface area (Å²) in [5.41, 5.74) is 0. The molecular formula is C21H37NO15. The van der Waals surface area contributed by atoms with E-state index in [-0.39, 0.29) is 6.61 Å². The van der Waals surface area contributed by atoms with Gasteiger partial charge in [-0.3, -0.25) is 4.79 Å². The van der Waals surface area contributed by atoms with Crippen molar-refractivity contribution in [2.24, 2.45) is 0 Å². The van der Waals surface area contributed by atoms with Gasteiger partial charge in [0.05, 0.1) is 19.3 Å². The summed E-state index contributed by atoms with van der Waals surface area (Å²) in [7, 11) is 1.32. The molecule has 15 atom stereocenters. The Bertz CT molecular complexity index is 747. The summed E-state index contributed by atoms with van der Waals surface area (Å²) in [6, 6.07) is -1.36. The first kappa shape index (κ1) is 30.5. The zero-order valence-electron chi connectivity index (χ0n) is 20.5. The standard InChI is InChI=1S/C21H37NO15/c1-6-11(25)14(28)16(30)20(33-6)37-18-15(29)12(26)9(5-32-3)35-21(18)36-17-8(4-23)34-19(31)10(13(17)27)22-7(2)24/h6,8-21,23,25-31H,4-5H2,1-3H3,(H,22,24)/t6-,8+,9+,10+,11+,12-,13+,14+,15-,16-,17+,18+,19+,20-,21-/m0/s1. The third-order valence-corrected chi connectivity index (χ3v) is 6.61. The van der Waals surface area contributed by atoms with Gasteiger partial charge in [-0.25, -0.2) is 0 Å². The van der Waals surface area contributed by atoms with E-state index in [0.717, 1.165) is 6.92 Å². The first-order valence-electron chi connectivity index (χ1n) is 11.8. The first-order valence-corrected chi connectivity index (χ1v) is 11.8. The molecule has 3 aliphatic heterocycles. The van der Waals surface area contributed by atoms with Crippen LogP contribution in [0.25, 0.3) is 0 Å². The van der Waals surface area contributed by atoms with Gasteiger partial charge in [-0.1, -0.05) is 0 Å². The largest absolute Gasteiger partial charge is 0.394 e. The van der Waals surface area contributed by atoms with Gasteiger partial charge in [-0.15, -0.1) is 0 Å². The summed E-state index contributed by atoms with van der Waals surface area (Å²) >= 11 is 0. The molecule has 3 rings (SSSR count). The van der Waals surface area contributed by atoms with Gasteiger partial charge in [0.1, 0.15) is 67.1 Å². The number of aliphatic hydroxyl groups is 8. The van der Waals surface area contributed by atoms with Crippen LogP contribution in [-0.4, -0.2) is 159 Å². The molecule has 0 aromatic heterocycles. The van der Waals surface area contributed by atoms with Crippen LogP contribution in [0.15, 0.2) is 0 Å². The van der Waals surface area contributed by atoms with Crippen molar-refractivity contribution in [3.8, 4) is 0 Å². The molecule has 0 aromatic carbocycles. The van der Waals surface area contributed by atoms with E-state index < -0.39 is 105 Å². The smallest absolute Gasteiger partial charge is 0.217 e. The van der Waals surface area contributed by atoms with Gasteiger partial charge in [0.2, 0.25) is 5.91 Å². The highest BCUT2D eigenvalue weighted by Crippen LogP contribution is 2.32. The Morgan fingerprint density at radius 2 is 1.43 bits per heavy atom. The van der Waals surface area contributed by atoms with Crippen LogP contribution in [0.2, 0.25) is 0 Å². The van der Waals surface area contributed by atoms with Gasteiger partial charge in [-0.2, -0.15) is 0 Å². The molecule has 0 radical (unpaired) electrons. The number of carbonyl (C=O) groups excluding carboxylic acids is 1. The third kappa shape index (κ3) is 6.56. The molecule has 37 heavy (non-hydrogen) atoms. The van der Waals surface area contributed by atoms with Crippen molar-refractivity contribution in [2.75, 3.05) is 20.3 Å². The average Bonchev–Trinajstić information content (AvgIpc) is 2.85. The second-order valence-corrected chi connectivity index (χ2v) is 9.33. The molecule has 0 unspecified atom stereocenters. The minimum Gasteiger partial charge on any atom is -0.394 e. The maximum absolute atomic E-state index is 11.6. The second kappa shape index (κ2) is 12.8. The Labute approximate surface area is 212 Å². The third-order valence-electron chi connectivity index (χ3n) is 6.61. The Kier molecular flexibility index (Phi) is 10.6. The molecule has 1 amide bonds. The van der Waals surface area contributed by atoms with Gasteiger partial charge in [0.15, 0.2) is 18.9 Å². The molecule has 216 valence electrons. The van der Waals surface area contributed by atoms with E-state index in [4.69, 9.17) is 28.4 Å². The molecule has 3 saturated heterocycles. The van der Waals surface area contributed by atoms with E-state index >= 15 is 0 Å². The number of nitrogens with one attached hydrogen (secondary N) is 1. The SMILES string of the molecule is COC[C@H]1O[C@@H](O[C@H]2[C@H](O)[C@@H](NC(C)=O)[C@H](O)O[C@@H]2CO)[C@H](O[C@@H]2O[C@@H](C)[C@@H](O)[C@@H](O)[C@@H]2O)[C@@H](O)[C@H]1O. The van der Waals surface area contributed by atoms with Crippen LogP contribution in [0.4, 0.5) is 0 Å². The monoisotopic (exact) mass is 543 g/mol. The minimum atomic E-state index is -1.76. The van der Waals surface area contributed by atoms with Crippen molar-refractivity contribution in [3.05, 3.63) is 0 Å². The number of amides is 1. The Hall–Kier alpha value is -1.09. The second-order valence-electron chi connectivity index (χ2n) is 9.33. The molecule has 3 fully saturated rings. The van der Waals surface area contributed by atoms with E-state index in [1.165, 1.54) is 14.0 Å². The fourth-order valence-electron chi connectivity index (χ4n) is 4.54. The van der Waals surface area contributed by atoms with Crippen LogP contribution < -0.4 is 5.32 Å². The summed E-state index contributed by atoms with van der Waals surface area (Å²) in [6.07, 6.45) is -21.3. The molecule has 0 bridgehead atoms. The average molecular weight is 544 g/mol. The normalized spacial score (nSPS) is 49.0. The zero-order valence-corrected chi connectivity index (χ0v) is 20.5. The van der Waals surface area contributed by atoms with Gasteiger partial charge in [0, 0.05) is 14.0 Å². The number of methoxy groups -OCH3 is 1. The topological polar surface area (TPSA) is 246 Å². The summed E-state index contributed by atoms with van der Waals surface area (Å²) in [5.74, 6) is -0.597. The molecule has 3 heterocycles. The molecule has 0 saturated carbocycles. The lowest BCUT2D eigenvalue weighted by molar-refractivity contribution is -0.382. The fourth-order valence-corrected chi connectivity index (χ4v) is 4.54. The lowest BCUT2D eigenvalue weighted by Crippen LogP contribution is -2.68. The van der Waals surface area contributed by atoms with Gasteiger partial charge < -0.3 is 74.6 Å². The van der Waals surface area contributed by atoms with E-state index in [1.807, 2.05) is 0 Å². The molecule has 0 aliphatic carbocycles. The van der Waals surface area contributed by atoms with Crippen molar-refractivity contribution in [1.29, 1.82) is 0 Å². The van der Waals surface area contributed by atoms with Gasteiger partial charge >= 0.3 is 0 Å². The number of carbonyl (C=O) groups is 1. The quantitative estimate of drug-likeness (QED) is 0.138. The molecular weight excluding hydrogens is 506 g/mol. The lowest BCUT2D eigenvalue weighted by Gasteiger charge is -2.48. The lowest BCUT2D eigenvalue weighted by atomic mass is 9.95. The summed E-state index contributed by atoms with van der Waals surface area (Å²) in [6.45, 7) is 1.63. The van der Waals surface area contributed by atoms with E-state index in [1.54, 1.807) is 0 Å². The fraction of sp³-hybridized carbons (Fsp3) is 0.952. The number of rotatable bonds is 8. The maximum Gasteiger partial charge on any atom is 0.217 e. The van der Waals surface area contributed by atoms with Crippen LogP contribution in [0.1, 0.15) is 13.8 Å².